The summed E-state index contributed by atoms with van der Waals surface area (Å²) < 4.78 is 7.71. The standard InChI is InChI=1S/C12H23N3O/c1-5-7-13-11(10(3)16-6-2)12-14-8-9-15(12)4/h8-11,13H,5-7H2,1-4H3. The third-order valence-corrected chi connectivity index (χ3v) is 2.65. The second kappa shape index (κ2) is 6.66. The molecule has 0 bridgehead atoms. The summed E-state index contributed by atoms with van der Waals surface area (Å²) in [5.74, 6) is 1.04. The molecule has 0 aromatic carbocycles. The van der Waals surface area contributed by atoms with Crippen LogP contribution in [0, 0.1) is 0 Å². The van der Waals surface area contributed by atoms with Crippen molar-refractivity contribution in [1.82, 2.24) is 14.9 Å². The Kier molecular flexibility index (Phi) is 5.49. The number of nitrogens with zero attached hydrogens (tertiary/aromatic N) is 2. The highest BCUT2D eigenvalue weighted by atomic mass is 16.5. The van der Waals surface area contributed by atoms with E-state index in [0.717, 1.165) is 25.4 Å². The molecular formula is C12H23N3O. The molecule has 0 aliphatic carbocycles. The lowest BCUT2D eigenvalue weighted by Gasteiger charge is -2.24. The minimum Gasteiger partial charge on any atom is -0.377 e. The fraction of sp³-hybridized carbons (Fsp3) is 0.750. The Morgan fingerprint density at radius 2 is 2.25 bits per heavy atom. The van der Waals surface area contributed by atoms with Gasteiger partial charge in [-0.2, -0.15) is 0 Å². The summed E-state index contributed by atoms with van der Waals surface area (Å²) in [7, 11) is 2.02. The Balaban J connectivity index is 2.74. The van der Waals surface area contributed by atoms with Crippen LogP contribution in [0.3, 0.4) is 0 Å². The molecule has 16 heavy (non-hydrogen) atoms. The van der Waals surface area contributed by atoms with E-state index in [1.54, 1.807) is 0 Å². The molecule has 0 saturated heterocycles. The number of hydrogen-bond acceptors (Lipinski definition) is 3. The zero-order valence-electron chi connectivity index (χ0n) is 10.7. The molecule has 1 rings (SSSR count). The van der Waals surface area contributed by atoms with E-state index in [-0.39, 0.29) is 12.1 Å². The largest absolute Gasteiger partial charge is 0.377 e. The van der Waals surface area contributed by atoms with E-state index in [1.807, 2.05) is 30.9 Å². The van der Waals surface area contributed by atoms with Crippen LogP contribution in [0.5, 0.6) is 0 Å². The smallest absolute Gasteiger partial charge is 0.128 e. The molecule has 2 atom stereocenters. The lowest BCUT2D eigenvalue weighted by atomic mass is 10.1. The molecule has 4 heteroatoms. The van der Waals surface area contributed by atoms with Gasteiger partial charge in [0.1, 0.15) is 5.82 Å². The number of nitrogens with one attached hydrogen (secondary N) is 1. The van der Waals surface area contributed by atoms with E-state index in [9.17, 15) is 0 Å². The van der Waals surface area contributed by atoms with Crippen molar-refractivity contribution < 1.29 is 4.74 Å². The summed E-state index contributed by atoms with van der Waals surface area (Å²) in [4.78, 5) is 4.39. The van der Waals surface area contributed by atoms with Crippen molar-refractivity contribution in [3.8, 4) is 0 Å². The molecule has 2 unspecified atom stereocenters. The van der Waals surface area contributed by atoms with Gasteiger partial charge in [0.25, 0.3) is 0 Å². The van der Waals surface area contributed by atoms with Crippen molar-refractivity contribution in [2.75, 3.05) is 13.2 Å². The Morgan fingerprint density at radius 3 is 2.75 bits per heavy atom. The highest BCUT2D eigenvalue weighted by Gasteiger charge is 2.22. The van der Waals surface area contributed by atoms with Crippen LogP contribution in [0.4, 0.5) is 0 Å². The number of imidazole rings is 1. The first-order valence-electron chi connectivity index (χ1n) is 6.02. The molecule has 0 aliphatic heterocycles. The minimum atomic E-state index is 0.137. The fourth-order valence-electron chi connectivity index (χ4n) is 1.80. The van der Waals surface area contributed by atoms with E-state index in [1.165, 1.54) is 0 Å². The summed E-state index contributed by atoms with van der Waals surface area (Å²) in [5.41, 5.74) is 0. The summed E-state index contributed by atoms with van der Waals surface area (Å²) >= 11 is 0. The van der Waals surface area contributed by atoms with Gasteiger partial charge in [0.15, 0.2) is 0 Å². The molecule has 92 valence electrons. The Labute approximate surface area is 98.0 Å². The van der Waals surface area contributed by atoms with Crippen molar-refractivity contribution >= 4 is 0 Å². The van der Waals surface area contributed by atoms with Gasteiger partial charge in [0.2, 0.25) is 0 Å². The fourth-order valence-corrected chi connectivity index (χ4v) is 1.80. The maximum atomic E-state index is 5.66. The van der Waals surface area contributed by atoms with Crippen LogP contribution in [0.1, 0.15) is 39.1 Å². The van der Waals surface area contributed by atoms with Crippen LogP contribution in [-0.2, 0) is 11.8 Å². The molecule has 0 aliphatic rings. The van der Waals surface area contributed by atoms with Crippen molar-refractivity contribution in [2.45, 2.75) is 39.3 Å². The molecule has 0 amide bonds. The van der Waals surface area contributed by atoms with Crippen molar-refractivity contribution in [3.63, 3.8) is 0 Å². The van der Waals surface area contributed by atoms with E-state index in [4.69, 9.17) is 4.74 Å². The maximum Gasteiger partial charge on any atom is 0.128 e. The lowest BCUT2D eigenvalue weighted by molar-refractivity contribution is 0.0442. The van der Waals surface area contributed by atoms with Crippen LogP contribution in [0.25, 0.3) is 0 Å². The predicted molar refractivity (Wildman–Crippen MR) is 65.3 cm³/mol. The van der Waals surface area contributed by atoms with Gasteiger partial charge in [-0.25, -0.2) is 4.98 Å². The summed E-state index contributed by atoms with van der Waals surface area (Å²) in [6, 6.07) is 0.167. The number of aromatic nitrogens is 2. The SMILES string of the molecule is CCCNC(c1nccn1C)C(C)OCC. The minimum absolute atomic E-state index is 0.137. The molecule has 1 N–H and O–H groups in total. The maximum absolute atomic E-state index is 5.66. The van der Waals surface area contributed by atoms with Gasteiger partial charge in [-0.3, -0.25) is 0 Å². The van der Waals surface area contributed by atoms with Gasteiger partial charge in [0.05, 0.1) is 12.1 Å². The Hall–Kier alpha value is -0.870. The molecule has 1 aromatic heterocycles. The van der Waals surface area contributed by atoms with Crippen LogP contribution in [0.2, 0.25) is 0 Å². The Morgan fingerprint density at radius 1 is 1.50 bits per heavy atom. The average molecular weight is 225 g/mol. The molecule has 0 radical (unpaired) electrons. The molecule has 1 heterocycles. The molecule has 4 nitrogen and oxygen atoms in total. The van der Waals surface area contributed by atoms with Gasteiger partial charge in [0, 0.05) is 26.0 Å². The van der Waals surface area contributed by atoms with Gasteiger partial charge < -0.3 is 14.6 Å². The van der Waals surface area contributed by atoms with Crippen LogP contribution < -0.4 is 5.32 Å². The lowest BCUT2D eigenvalue weighted by Crippen LogP contribution is -2.34. The van der Waals surface area contributed by atoms with Gasteiger partial charge in [-0.1, -0.05) is 6.92 Å². The quantitative estimate of drug-likeness (QED) is 0.770. The first-order valence-corrected chi connectivity index (χ1v) is 6.02. The second-order valence-corrected chi connectivity index (χ2v) is 3.99. The second-order valence-electron chi connectivity index (χ2n) is 3.99. The zero-order valence-corrected chi connectivity index (χ0v) is 10.7. The molecule has 0 spiro atoms. The average Bonchev–Trinajstić information content (AvgIpc) is 2.66. The third kappa shape index (κ3) is 3.32. The van der Waals surface area contributed by atoms with E-state index < -0.39 is 0 Å². The van der Waals surface area contributed by atoms with E-state index >= 15 is 0 Å². The van der Waals surface area contributed by atoms with Crippen LogP contribution in [-0.4, -0.2) is 28.8 Å². The number of rotatable bonds is 7. The summed E-state index contributed by atoms with van der Waals surface area (Å²) in [6.45, 7) is 7.98. The van der Waals surface area contributed by atoms with Gasteiger partial charge in [-0.05, 0) is 26.8 Å². The predicted octanol–water partition coefficient (Wildman–Crippen LogP) is 1.89. The highest BCUT2D eigenvalue weighted by molar-refractivity contribution is 5.01. The normalized spacial score (nSPS) is 15.0. The zero-order chi connectivity index (χ0) is 12.0. The first kappa shape index (κ1) is 13.2. The monoisotopic (exact) mass is 225 g/mol. The summed E-state index contributed by atoms with van der Waals surface area (Å²) in [6.07, 6.45) is 5.04. The third-order valence-electron chi connectivity index (χ3n) is 2.65. The number of hydrogen-bond donors (Lipinski definition) is 1. The van der Waals surface area contributed by atoms with Crippen molar-refractivity contribution in [2.24, 2.45) is 7.05 Å². The van der Waals surface area contributed by atoms with E-state index in [2.05, 4.69) is 24.1 Å². The highest BCUT2D eigenvalue weighted by Crippen LogP contribution is 2.17. The molecule has 0 saturated carbocycles. The van der Waals surface area contributed by atoms with Gasteiger partial charge >= 0.3 is 0 Å². The molecular weight excluding hydrogens is 202 g/mol. The van der Waals surface area contributed by atoms with Crippen LogP contribution in [0.15, 0.2) is 12.4 Å². The number of aryl methyl sites for hydroxylation is 1. The van der Waals surface area contributed by atoms with Crippen molar-refractivity contribution in [3.05, 3.63) is 18.2 Å². The molecule has 1 aromatic rings. The Bertz CT molecular complexity index is 298. The molecule has 0 fully saturated rings. The van der Waals surface area contributed by atoms with Crippen LogP contribution >= 0.6 is 0 Å². The van der Waals surface area contributed by atoms with Gasteiger partial charge in [-0.15, -0.1) is 0 Å². The topological polar surface area (TPSA) is 39.1 Å². The van der Waals surface area contributed by atoms with E-state index in [0.29, 0.717) is 0 Å². The summed E-state index contributed by atoms with van der Waals surface area (Å²) in [5, 5.41) is 3.49. The first-order chi connectivity index (χ1) is 7.70. The number of ether oxygens (including phenoxy) is 1. The van der Waals surface area contributed by atoms with Crippen molar-refractivity contribution in [1.29, 1.82) is 0 Å².